The fourth-order valence-electron chi connectivity index (χ4n) is 2.04. The molecule has 1 unspecified atom stereocenters. The van der Waals surface area contributed by atoms with Crippen molar-refractivity contribution in [1.82, 2.24) is 0 Å². The van der Waals surface area contributed by atoms with E-state index in [0.29, 0.717) is 0 Å². The smallest absolute Gasteiger partial charge is 0.0335 e. The Labute approximate surface area is 117 Å². The van der Waals surface area contributed by atoms with Gasteiger partial charge in [0.15, 0.2) is 0 Å². The summed E-state index contributed by atoms with van der Waals surface area (Å²) in [4.78, 5) is 0. The van der Waals surface area contributed by atoms with Gasteiger partial charge in [0.2, 0.25) is 0 Å². The Morgan fingerprint density at radius 2 is 1.78 bits per heavy atom. The van der Waals surface area contributed by atoms with Gasteiger partial charge >= 0.3 is 0 Å². The van der Waals surface area contributed by atoms with Crippen LogP contribution in [0.25, 0.3) is 0 Å². The zero-order chi connectivity index (χ0) is 13.0. The van der Waals surface area contributed by atoms with Crippen molar-refractivity contribution in [3.05, 3.63) is 69.7 Å². The number of aryl methyl sites for hydroxylation is 1. The van der Waals surface area contributed by atoms with E-state index in [1.54, 1.807) is 0 Å². The maximum absolute atomic E-state index is 6.25. The third kappa shape index (κ3) is 3.44. The van der Waals surface area contributed by atoms with Crippen LogP contribution >= 0.6 is 15.9 Å². The van der Waals surface area contributed by atoms with Crippen molar-refractivity contribution < 1.29 is 0 Å². The molecule has 0 bridgehead atoms. The van der Waals surface area contributed by atoms with Crippen molar-refractivity contribution in [2.75, 3.05) is 0 Å². The van der Waals surface area contributed by atoms with Gasteiger partial charge in [-0.1, -0.05) is 59.3 Å². The highest BCUT2D eigenvalue weighted by Crippen LogP contribution is 2.19. The zero-order valence-electron chi connectivity index (χ0n) is 10.6. The Hall–Kier alpha value is -1.12. The van der Waals surface area contributed by atoms with Gasteiger partial charge in [-0.05, 0) is 41.7 Å². The highest BCUT2D eigenvalue weighted by Gasteiger charge is 2.07. The molecule has 2 N–H and O–H groups in total. The molecule has 0 radical (unpaired) electrons. The minimum atomic E-state index is 0.0604. The van der Waals surface area contributed by atoms with E-state index in [2.05, 4.69) is 59.3 Å². The Kier molecular flexibility index (Phi) is 4.56. The third-order valence-corrected chi connectivity index (χ3v) is 3.65. The molecule has 94 valence electrons. The van der Waals surface area contributed by atoms with Crippen molar-refractivity contribution in [2.24, 2.45) is 5.73 Å². The highest BCUT2D eigenvalue weighted by molar-refractivity contribution is 9.10. The molecule has 0 aliphatic carbocycles. The summed E-state index contributed by atoms with van der Waals surface area (Å²) in [7, 11) is 0. The number of hydrogen-bond acceptors (Lipinski definition) is 1. The summed E-state index contributed by atoms with van der Waals surface area (Å²) in [6.07, 6.45) is 1.94. The SMILES string of the molecule is CCc1ccc(C(N)Cc2cccc(Br)c2)cc1. The van der Waals surface area contributed by atoms with E-state index in [9.17, 15) is 0 Å². The summed E-state index contributed by atoms with van der Waals surface area (Å²) in [6, 6.07) is 17.0. The second-order valence-corrected chi connectivity index (χ2v) is 5.45. The summed E-state index contributed by atoms with van der Waals surface area (Å²) in [5.41, 5.74) is 10.1. The van der Waals surface area contributed by atoms with Gasteiger partial charge in [-0.2, -0.15) is 0 Å². The zero-order valence-corrected chi connectivity index (χ0v) is 12.2. The molecule has 0 fully saturated rings. The van der Waals surface area contributed by atoms with E-state index in [1.165, 1.54) is 16.7 Å². The van der Waals surface area contributed by atoms with Crippen molar-refractivity contribution >= 4 is 15.9 Å². The van der Waals surface area contributed by atoms with Crippen LogP contribution in [-0.2, 0) is 12.8 Å². The molecule has 0 spiro atoms. The van der Waals surface area contributed by atoms with Crippen molar-refractivity contribution in [2.45, 2.75) is 25.8 Å². The van der Waals surface area contributed by atoms with Crippen LogP contribution in [-0.4, -0.2) is 0 Å². The second-order valence-electron chi connectivity index (χ2n) is 4.54. The van der Waals surface area contributed by atoms with Gasteiger partial charge in [0, 0.05) is 10.5 Å². The molecule has 1 nitrogen and oxygen atoms in total. The molecule has 0 aliphatic heterocycles. The molecule has 0 amide bonds. The van der Waals surface area contributed by atoms with Gasteiger partial charge in [-0.25, -0.2) is 0 Å². The summed E-state index contributed by atoms with van der Waals surface area (Å²) in [5.74, 6) is 0. The Bertz CT molecular complexity index is 505. The standard InChI is InChI=1S/C16H18BrN/c1-2-12-6-8-14(9-7-12)16(18)11-13-4-3-5-15(17)10-13/h3-10,16H,2,11,18H2,1H3. The van der Waals surface area contributed by atoms with Crippen LogP contribution in [0.1, 0.15) is 29.7 Å². The van der Waals surface area contributed by atoms with E-state index >= 15 is 0 Å². The molecule has 18 heavy (non-hydrogen) atoms. The lowest BCUT2D eigenvalue weighted by Crippen LogP contribution is -2.13. The van der Waals surface area contributed by atoms with Crippen molar-refractivity contribution in [3.8, 4) is 0 Å². The maximum atomic E-state index is 6.25. The van der Waals surface area contributed by atoms with Crippen LogP contribution < -0.4 is 5.73 Å². The molecular weight excluding hydrogens is 286 g/mol. The van der Waals surface area contributed by atoms with Gasteiger partial charge in [0.25, 0.3) is 0 Å². The van der Waals surface area contributed by atoms with Crippen LogP contribution in [0.4, 0.5) is 0 Å². The summed E-state index contributed by atoms with van der Waals surface area (Å²) >= 11 is 3.49. The minimum absolute atomic E-state index is 0.0604. The van der Waals surface area contributed by atoms with E-state index in [0.717, 1.165) is 17.3 Å². The molecular formula is C16H18BrN. The average molecular weight is 304 g/mol. The number of halogens is 1. The molecule has 1 atom stereocenters. The lowest BCUT2D eigenvalue weighted by Gasteiger charge is -2.13. The van der Waals surface area contributed by atoms with E-state index in [4.69, 9.17) is 5.73 Å². The lowest BCUT2D eigenvalue weighted by atomic mass is 9.98. The first kappa shape index (κ1) is 13.3. The van der Waals surface area contributed by atoms with E-state index < -0.39 is 0 Å². The molecule has 0 heterocycles. The lowest BCUT2D eigenvalue weighted by molar-refractivity contribution is 0.721. The van der Waals surface area contributed by atoms with E-state index in [1.807, 2.05) is 12.1 Å². The molecule has 2 aromatic carbocycles. The van der Waals surface area contributed by atoms with Gasteiger partial charge in [0.1, 0.15) is 0 Å². The van der Waals surface area contributed by atoms with Crippen LogP contribution in [0.5, 0.6) is 0 Å². The fourth-order valence-corrected chi connectivity index (χ4v) is 2.48. The first-order valence-electron chi connectivity index (χ1n) is 6.28. The number of benzene rings is 2. The summed E-state index contributed by atoms with van der Waals surface area (Å²) in [6.45, 7) is 2.16. The molecule has 2 heteroatoms. The predicted molar refractivity (Wildman–Crippen MR) is 80.6 cm³/mol. The second kappa shape index (κ2) is 6.17. The molecule has 2 aromatic rings. The third-order valence-electron chi connectivity index (χ3n) is 3.16. The maximum Gasteiger partial charge on any atom is 0.0335 e. The molecule has 2 rings (SSSR count). The Balaban J connectivity index is 2.09. The fraction of sp³-hybridized carbons (Fsp3) is 0.250. The first-order valence-corrected chi connectivity index (χ1v) is 7.07. The Morgan fingerprint density at radius 1 is 1.06 bits per heavy atom. The van der Waals surface area contributed by atoms with Crippen LogP contribution in [0.2, 0.25) is 0 Å². The number of rotatable bonds is 4. The first-order chi connectivity index (χ1) is 8.69. The monoisotopic (exact) mass is 303 g/mol. The van der Waals surface area contributed by atoms with Crippen molar-refractivity contribution in [3.63, 3.8) is 0 Å². The summed E-state index contributed by atoms with van der Waals surface area (Å²) < 4.78 is 1.11. The number of nitrogens with two attached hydrogens (primary N) is 1. The molecule has 0 saturated heterocycles. The van der Waals surface area contributed by atoms with Gasteiger partial charge in [-0.15, -0.1) is 0 Å². The molecule has 0 aromatic heterocycles. The highest BCUT2D eigenvalue weighted by atomic mass is 79.9. The topological polar surface area (TPSA) is 26.0 Å². The predicted octanol–water partition coefficient (Wildman–Crippen LogP) is 4.25. The summed E-state index contributed by atoms with van der Waals surface area (Å²) in [5, 5.41) is 0. The minimum Gasteiger partial charge on any atom is -0.324 e. The largest absolute Gasteiger partial charge is 0.324 e. The number of hydrogen-bond donors (Lipinski definition) is 1. The van der Waals surface area contributed by atoms with Crippen molar-refractivity contribution in [1.29, 1.82) is 0 Å². The Morgan fingerprint density at radius 3 is 2.39 bits per heavy atom. The molecule has 0 saturated carbocycles. The quantitative estimate of drug-likeness (QED) is 0.897. The average Bonchev–Trinajstić information content (AvgIpc) is 2.39. The normalized spacial score (nSPS) is 12.4. The van der Waals surface area contributed by atoms with Gasteiger partial charge in [-0.3, -0.25) is 0 Å². The van der Waals surface area contributed by atoms with Gasteiger partial charge in [0.05, 0.1) is 0 Å². The van der Waals surface area contributed by atoms with Crippen LogP contribution in [0.3, 0.4) is 0 Å². The van der Waals surface area contributed by atoms with Gasteiger partial charge < -0.3 is 5.73 Å². The van der Waals surface area contributed by atoms with E-state index in [-0.39, 0.29) is 6.04 Å². The van der Waals surface area contributed by atoms with Crippen LogP contribution in [0, 0.1) is 0 Å². The molecule has 0 aliphatic rings. The van der Waals surface area contributed by atoms with Crippen LogP contribution in [0.15, 0.2) is 53.0 Å².